The van der Waals surface area contributed by atoms with Gasteiger partial charge in [-0.3, -0.25) is 9.59 Å². The van der Waals surface area contributed by atoms with E-state index >= 15 is 0 Å². The lowest BCUT2D eigenvalue weighted by Crippen LogP contribution is -2.34. The van der Waals surface area contributed by atoms with Crippen molar-refractivity contribution < 1.29 is 9.59 Å². The number of amides is 1. The zero-order chi connectivity index (χ0) is 18.3. The second-order valence-electron chi connectivity index (χ2n) is 7.26. The standard InChI is InChI=1S/C21H21ClN2O2.ClH/c22-15-8-5-13(6-9-15)20(25)16-3-1-2-4-17(16)21(26)24-11-14-7-10-19(23)18(14)12-24;/h1-6,8-9,14,18-19H,7,10-12,23H2;1H. The zero-order valence-electron chi connectivity index (χ0n) is 14.8. The number of ketones is 1. The van der Waals surface area contributed by atoms with Gasteiger partial charge in [0.25, 0.3) is 5.91 Å². The summed E-state index contributed by atoms with van der Waals surface area (Å²) < 4.78 is 0. The van der Waals surface area contributed by atoms with Crippen LogP contribution in [-0.2, 0) is 0 Å². The molecule has 0 bridgehead atoms. The Labute approximate surface area is 170 Å². The molecule has 1 saturated heterocycles. The highest BCUT2D eigenvalue weighted by Crippen LogP contribution is 2.37. The van der Waals surface area contributed by atoms with Crippen LogP contribution in [0.25, 0.3) is 0 Å². The van der Waals surface area contributed by atoms with Crippen molar-refractivity contribution in [3.8, 4) is 0 Å². The quantitative estimate of drug-likeness (QED) is 0.791. The fourth-order valence-electron chi connectivity index (χ4n) is 4.27. The predicted octanol–water partition coefficient (Wildman–Crippen LogP) is 3.80. The van der Waals surface area contributed by atoms with Crippen molar-refractivity contribution in [2.75, 3.05) is 13.1 Å². The summed E-state index contributed by atoms with van der Waals surface area (Å²) in [5.41, 5.74) is 7.60. The molecule has 27 heavy (non-hydrogen) atoms. The minimum atomic E-state index is -0.165. The van der Waals surface area contributed by atoms with Gasteiger partial charge < -0.3 is 10.6 Å². The highest BCUT2D eigenvalue weighted by atomic mass is 35.5. The molecule has 6 heteroatoms. The number of hydrogen-bond acceptors (Lipinski definition) is 3. The Morgan fingerprint density at radius 1 is 0.963 bits per heavy atom. The van der Waals surface area contributed by atoms with Crippen LogP contribution in [0.4, 0.5) is 0 Å². The van der Waals surface area contributed by atoms with Crippen LogP contribution in [0.1, 0.15) is 39.1 Å². The van der Waals surface area contributed by atoms with E-state index in [1.54, 1.807) is 48.5 Å². The summed E-state index contributed by atoms with van der Waals surface area (Å²) in [5, 5.41) is 0.575. The highest BCUT2D eigenvalue weighted by molar-refractivity contribution is 6.30. The van der Waals surface area contributed by atoms with E-state index in [0.717, 1.165) is 19.4 Å². The molecule has 2 aliphatic rings. The molecule has 1 saturated carbocycles. The first-order valence-corrected chi connectivity index (χ1v) is 9.36. The Hall–Kier alpha value is -1.88. The molecular weight excluding hydrogens is 383 g/mol. The van der Waals surface area contributed by atoms with Gasteiger partial charge in [-0.2, -0.15) is 0 Å². The number of carbonyl (C=O) groups excluding carboxylic acids is 2. The molecule has 2 fully saturated rings. The first kappa shape index (κ1) is 19.9. The Kier molecular flexibility index (Phi) is 5.89. The van der Waals surface area contributed by atoms with E-state index in [-0.39, 0.29) is 30.1 Å². The third-order valence-corrected chi connectivity index (χ3v) is 5.96. The van der Waals surface area contributed by atoms with Crippen molar-refractivity contribution in [1.29, 1.82) is 0 Å². The van der Waals surface area contributed by atoms with Gasteiger partial charge in [-0.15, -0.1) is 12.4 Å². The molecule has 2 N–H and O–H groups in total. The van der Waals surface area contributed by atoms with E-state index in [1.165, 1.54) is 0 Å². The minimum Gasteiger partial charge on any atom is -0.338 e. The average molecular weight is 405 g/mol. The lowest BCUT2D eigenvalue weighted by Gasteiger charge is -2.20. The van der Waals surface area contributed by atoms with Crippen LogP contribution in [0.5, 0.6) is 0 Å². The number of likely N-dealkylation sites (tertiary alicyclic amines) is 1. The molecule has 1 heterocycles. The Bertz CT molecular complexity index is 854. The van der Waals surface area contributed by atoms with Gasteiger partial charge in [0.2, 0.25) is 0 Å². The van der Waals surface area contributed by atoms with E-state index in [9.17, 15) is 9.59 Å². The average Bonchev–Trinajstić information content (AvgIpc) is 3.23. The first-order chi connectivity index (χ1) is 12.5. The molecule has 3 atom stereocenters. The smallest absolute Gasteiger partial charge is 0.254 e. The molecule has 3 unspecified atom stereocenters. The van der Waals surface area contributed by atoms with E-state index in [4.69, 9.17) is 17.3 Å². The summed E-state index contributed by atoms with van der Waals surface area (Å²) in [6.45, 7) is 1.43. The number of nitrogens with zero attached hydrogens (tertiary/aromatic N) is 1. The number of benzene rings is 2. The van der Waals surface area contributed by atoms with Crippen molar-refractivity contribution in [1.82, 2.24) is 4.90 Å². The normalized spacial score (nSPS) is 23.6. The van der Waals surface area contributed by atoms with Crippen molar-refractivity contribution in [3.05, 3.63) is 70.2 Å². The predicted molar refractivity (Wildman–Crippen MR) is 109 cm³/mol. The number of carbonyl (C=O) groups is 2. The van der Waals surface area contributed by atoms with Gasteiger partial charge in [0.05, 0.1) is 5.56 Å². The van der Waals surface area contributed by atoms with Gasteiger partial charge in [0.1, 0.15) is 0 Å². The molecule has 0 aromatic heterocycles. The molecule has 1 aliphatic heterocycles. The third-order valence-electron chi connectivity index (χ3n) is 5.71. The second-order valence-corrected chi connectivity index (χ2v) is 7.69. The van der Waals surface area contributed by atoms with Crippen molar-refractivity contribution in [2.24, 2.45) is 17.6 Å². The molecule has 0 spiro atoms. The van der Waals surface area contributed by atoms with Gasteiger partial charge in [0, 0.05) is 35.3 Å². The van der Waals surface area contributed by atoms with Crippen LogP contribution >= 0.6 is 24.0 Å². The van der Waals surface area contributed by atoms with Crippen molar-refractivity contribution >= 4 is 35.7 Å². The van der Waals surface area contributed by atoms with E-state index in [0.29, 0.717) is 40.1 Å². The fourth-order valence-corrected chi connectivity index (χ4v) is 4.39. The largest absolute Gasteiger partial charge is 0.338 e. The molecule has 0 radical (unpaired) electrons. The second kappa shape index (κ2) is 8.01. The minimum absolute atomic E-state index is 0. The van der Waals surface area contributed by atoms with Gasteiger partial charge in [0.15, 0.2) is 5.78 Å². The summed E-state index contributed by atoms with van der Waals surface area (Å²) in [5.74, 6) is 0.636. The molecule has 4 nitrogen and oxygen atoms in total. The maximum atomic E-state index is 13.1. The summed E-state index contributed by atoms with van der Waals surface area (Å²) in [7, 11) is 0. The Morgan fingerprint density at radius 2 is 1.63 bits per heavy atom. The van der Waals surface area contributed by atoms with Crippen LogP contribution < -0.4 is 5.73 Å². The maximum Gasteiger partial charge on any atom is 0.254 e. The Balaban J connectivity index is 0.00000210. The van der Waals surface area contributed by atoms with E-state index in [1.807, 2.05) is 4.90 Å². The van der Waals surface area contributed by atoms with E-state index in [2.05, 4.69) is 0 Å². The first-order valence-electron chi connectivity index (χ1n) is 8.99. The summed E-state index contributed by atoms with van der Waals surface area (Å²) in [6, 6.07) is 14.0. The third kappa shape index (κ3) is 3.75. The Morgan fingerprint density at radius 3 is 2.30 bits per heavy atom. The van der Waals surface area contributed by atoms with Gasteiger partial charge in [-0.1, -0.05) is 29.8 Å². The molecule has 4 rings (SSSR count). The van der Waals surface area contributed by atoms with Gasteiger partial charge in [-0.05, 0) is 55.0 Å². The fraction of sp³-hybridized carbons (Fsp3) is 0.333. The van der Waals surface area contributed by atoms with Gasteiger partial charge >= 0.3 is 0 Å². The molecule has 1 aliphatic carbocycles. The number of rotatable bonds is 3. The molecular formula is C21H22Cl2N2O2. The molecule has 1 amide bonds. The van der Waals surface area contributed by atoms with Crippen molar-refractivity contribution in [3.63, 3.8) is 0 Å². The van der Waals surface area contributed by atoms with Crippen LogP contribution in [0.15, 0.2) is 48.5 Å². The monoisotopic (exact) mass is 404 g/mol. The summed E-state index contributed by atoms with van der Waals surface area (Å²) in [4.78, 5) is 27.9. The lowest BCUT2D eigenvalue weighted by atomic mass is 9.97. The molecule has 2 aromatic rings. The van der Waals surface area contributed by atoms with Crippen LogP contribution in [0, 0.1) is 11.8 Å². The van der Waals surface area contributed by atoms with Crippen molar-refractivity contribution in [2.45, 2.75) is 18.9 Å². The lowest BCUT2D eigenvalue weighted by molar-refractivity contribution is 0.0775. The number of fused-ring (bicyclic) bond motifs is 1. The van der Waals surface area contributed by atoms with Gasteiger partial charge in [-0.25, -0.2) is 0 Å². The van der Waals surface area contributed by atoms with Crippen LogP contribution in [0.2, 0.25) is 5.02 Å². The number of halogens is 2. The summed E-state index contributed by atoms with van der Waals surface area (Å²) >= 11 is 5.91. The van der Waals surface area contributed by atoms with E-state index < -0.39 is 0 Å². The maximum absolute atomic E-state index is 13.1. The number of nitrogens with two attached hydrogens (primary N) is 1. The number of hydrogen-bond donors (Lipinski definition) is 1. The highest BCUT2D eigenvalue weighted by Gasteiger charge is 2.42. The summed E-state index contributed by atoms with van der Waals surface area (Å²) in [6.07, 6.45) is 2.13. The molecule has 142 valence electrons. The van der Waals surface area contributed by atoms with Crippen LogP contribution in [0.3, 0.4) is 0 Å². The molecule has 2 aromatic carbocycles. The topological polar surface area (TPSA) is 63.4 Å². The van der Waals surface area contributed by atoms with Crippen LogP contribution in [-0.4, -0.2) is 35.7 Å². The zero-order valence-corrected chi connectivity index (χ0v) is 16.4. The SMILES string of the molecule is Cl.NC1CCC2CN(C(=O)c3ccccc3C(=O)c3ccc(Cl)cc3)CC12.